The molecule has 2 aromatic rings. The van der Waals surface area contributed by atoms with E-state index in [1.165, 1.54) is 0 Å². The predicted octanol–water partition coefficient (Wildman–Crippen LogP) is 5.00. The Morgan fingerprint density at radius 1 is 0.917 bits per heavy atom. The first-order chi connectivity index (χ1) is 17.3. The van der Waals surface area contributed by atoms with Crippen LogP contribution in [0.15, 0.2) is 42.5 Å². The lowest BCUT2D eigenvalue weighted by Crippen LogP contribution is -2.49. The van der Waals surface area contributed by atoms with Crippen molar-refractivity contribution in [1.82, 2.24) is 10.2 Å². The van der Waals surface area contributed by atoms with Crippen molar-refractivity contribution in [2.24, 2.45) is 5.92 Å². The van der Waals surface area contributed by atoms with Gasteiger partial charge in [0, 0.05) is 19.5 Å². The second-order valence-corrected chi connectivity index (χ2v) is 9.08. The lowest BCUT2D eigenvalue weighted by molar-refractivity contribution is -0.141. The van der Waals surface area contributed by atoms with Crippen molar-refractivity contribution < 1.29 is 23.8 Å². The van der Waals surface area contributed by atoms with E-state index in [1.54, 1.807) is 12.0 Å². The van der Waals surface area contributed by atoms with Crippen molar-refractivity contribution in [3.05, 3.63) is 53.6 Å². The maximum atomic E-state index is 13.5. The molecule has 7 heteroatoms. The summed E-state index contributed by atoms with van der Waals surface area (Å²) in [5, 5.41) is 3.00. The van der Waals surface area contributed by atoms with Gasteiger partial charge in [-0.05, 0) is 68.0 Å². The molecule has 2 amide bonds. The van der Waals surface area contributed by atoms with E-state index in [0.29, 0.717) is 56.6 Å². The Balaban J connectivity index is 2.22. The van der Waals surface area contributed by atoms with Gasteiger partial charge in [0.1, 0.15) is 11.8 Å². The van der Waals surface area contributed by atoms with E-state index >= 15 is 0 Å². The van der Waals surface area contributed by atoms with Crippen molar-refractivity contribution in [2.75, 3.05) is 26.9 Å². The summed E-state index contributed by atoms with van der Waals surface area (Å²) < 4.78 is 16.6. The summed E-state index contributed by atoms with van der Waals surface area (Å²) in [6.45, 7) is 11.9. The monoisotopic (exact) mass is 498 g/mol. The van der Waals surface area contributed by atoms with Gasteiger partial charge in [-0.25, -0.2) is 0 Å². The van der Waals surface area contributed by atoms with Crippen molar-refractivity contribution in [3.8, 4) is 17.2 Å². The number of amides is 2. The van der Waals surface area contributed by atoms with E-state index in [1.807, 2.05) is 63.2 Å². The van der Waals surface area contributed by atoms with Crippen LogP contribution < -0.4 is 19.5 Å². The van der Waals surface area contributed by atoms with E-state index < -0.39 is 6.04 Å². The first-order valence-electron chi connectivity index (χ1n) is 12.9. The van der Waals surface area contributed by atoms with Gasteiger partial charge in [-0.1, -0.05) is 39.0 Å². The lowest BCUT2D eigenvalue weighted by Gasteiger charge is -2.31. The number of aryl methyl sites for hydroxylation is 1. The molecule has 0 fully saturated rings. The van der Waals surface area contributed by atoms with Crippen molar-refractivity contribution >= 4 is 11.8 Å². The topological polar surface area (TPSA) is 77.1 Å². The van der Waals surface area contributed by atoms with E-state index in [2.05, 4.69) is 19.2 Å². The first kappa shape index (κ1) is 29.0. The number of benzene rings is 2. The van der Waals surface area contributed by atoms with Crippen LogP contribution in [0.4, 0.5) is 0 Å². The molecule has 1 atom stereocenters. The van der Waals surface area contributed by atoms with Crippen LogP contribution in [-0.4, -0.2) is 49.6 Å². The molecule has 1 N–H and O–H groups in total. The van der Waals surface area contributed by atoms with Crippen LogP contribution in [0.2, 0.25) is 0 Å². The number of rotatable bonds is 15. The molecule has 0 bridgehead atoms. The summed E-state index contributed by atoms with van der Waals surface area (Å²) >= 11 is 0. The van der Waals surface area contributed by atoms with E-state index in [4.69, 9.17) is 14.2 Å². The van der Waals surface area contributed by atoms with Crippen LogP contribution in [0, 0.1) is 5.92 Å². The molecular formula is C29H42N2O5. The smallest absolute Gasteiger partial charge is 0.242 e. The standard InChI is InChI=1S/C29H42N2O5/c1-7-25(29(33)30-19-21(4)5)31(20-23-10-14-24(34-6)15-11-23)28(32)17-13-22-12-16-26(35-8-2)27(18-22)36-9-3/h10-12,14-16,18,21,25H,7-9,13,17,19-20H2,1-6H3,(H,30,33). The van der Waals surface area contributed by atoms with Crippen LogP contribution in [0.5, 0.6) is 17.2 Å². The summed E-state index contributed by atoms with van der Waals surface area (Å²) in [6, 6.07) is 12.8. The Kier molecular flexibility index (Phi) is 12.1. The fourth-order valence-corrected chi connectivity index (χ4v) is 3.92. The zero-order chi connectivity index (χ0) is 26.5. The molecule has 0 aliphatic rings. The van der Waals surface area contributed by atoms with Crippen molar-refractivity contribution in [3.63, 3.8) is 0 Å². The third-order valence-electron chi connectivity index (χ3n) is 5.82. The van der Waals surface area contributed by atoms with Crippen LogP contribution in [0.1, 0.15) is 58.6 Å². The fraction of sp³-hybridized carbons (Fsp3) is 0.517. The highest BCUT2D eigenvalue weighted by molar-refractivity contribution is 5.87. The average molecular weight is 499 g/mol. The molecule has 7 nitrogen and oxygen atoms in total. The molecule has 0 radical (unpaired) electrons. The highest BCUT2D eigenvalue weighted by atomic mass is 16.5. The van der Waals surface area contributed by atoms with Crippen LogP contribution in [0.3, 0.4) is 0 Å². The van der Waals surface area contributed by atoms with Gasteiger partial charge in [-0.2, -0.15) is 0 Å². The zero-order valence-corrected chi connectivity index (χ0v) is 22.6. The van der Waals surface area contributed by atoms with Gasteiger partial charge in [-0.15, -0.1) is 0 Å². The first-order valence-corrected chi connectivity index (χ1v) is 12.9. The maximum absolute atomic E-state index is 13.5. The minimum absolute atomic E-state index is 0.0655. The molecule has 0 aliphatic heterocycles. The molecule has 1 unspecified atom stereocenters. The Hall–Kier alpha value is -3.22. The molecule has 0 saturated carbocycles. The number of methoxy groups -OCH3 is 1. The number of ether oxygens (including phenoxy) is 3. The molecule has 0 aromatic heterocycles. The number of nitrogens with zero attached hydrogens (tertiary/aromatic N) is 1. The highest BCUT2D eigenvalue weighted by Crippen LogP contribution is 2.29. The molecule has 198 valence electrons. The minimum Gasteiger partial charge on any atom is -0.497 e. The molecule has 0 saturated heterocycles. The van der Waals surface area contributed by atoms with Gasteiger partial charge in [0.05, 0.1) is 20.3 Å². The molecule has 2 rings (SSSR count). The van der Waals surface area contributed by atoms with Gasteiger partial charge >= 0.3 is 0 Å². The third-order valence-corrected chi connectivity index (χ3v) is 5.82. The summed E-state index contributed by atoms with van der Waals surface area (Å²) in [6.07, 6.45) is 1.35. The Bertz CT molecular complexity index is 959. The summed E-state index contributed by atoms with van der Waals surface area (Å²) in [7, 11) is 1.62. The van der Waals surface area contributed by atoms with Crippen LogP contribution in [-0.2, 0) is 22.6 Å². The quantitative estimate of drug-likeness (QED) is 0.374. The number of nitrogens with one attached hydrogen (secondary N) is 1. The fourth-order valence-electron chi connectivity index (χ4n) is 3.92. The van der Waals surface area contributed by atoms with E-state index in [0.717, 1.165) is 16.9 Å². The van der Waals surface area contributed by atoms with Gasteiger partial charge in [0.25, 0.3) is 0 Å². The zero-order valence-electron chi connectivity index (χ0n) is 22.6. The third kappa shape index (κ3) is 8.77. The molecule has 2 aromatic carbocycles. The number of carbonyl (C=O) groups excluding carboxylic acids is 2. The van der Waals surface area contributed by atoms with Gasteiger partial charge < -0.3 is 24.4 Å². The molecule has 0 spiro atoms. The lowest BCUT2D eigenvalue weighted by atomic mass is 10.1. The van der Waals surface area contributed by atoms with E-state index in [9.17, 15) is 9.59 Å². The van der Waals surface area contributed by atoms with Gasteiger partial charge in [0.15, 0.2) is 11.5 Å². The van der Waals surface area contributed by atoms with Crippen LogP contribution >= 0.6 is 0 Å². The second kappa shape index (κ2) is 15.0. The number of carbonyl (C=O) groups is 2. The number of hydrogen-bond donors (Lipinski definition) is 1. The normalized spacial score (nSPS) is 11.6. The predicted molar refractivity (Wildman–Crippen MR) is 143 cm³/mol. The summed E-state index contributed by atoms with van der Waals surface area (Å²) in [4.78, 5) is 28.3. The molecular weight excluding hydrogens is 456 g/mol. The van der Waals surface area contributed by atoms with Crippen molar-refractivity contribution in [1.29, 1.82) is 0 Å². The number of hydrogen-bond acceptors (Lipinski definition) is 5. The highest BCUT2D eigenvalue weighted by Gasteiger charge is 2.28. The minimum atomic E-state index is -0.544. The summed E-state index contributed by atoms with van der Waals surface area (Å²) in [5.41, 5.74) is 1.93. The van der Waals surface area contributed by atoms with E-state index in [-0.39, 0.29) is 18.2 Å². The Morgan fingerprint density at radius 3 is 2.14 bits per heavy atom. The molecule has 0 heterocycles. The largest absolute Gasteiger partial charge is 0.497 e. The average Bonchev–Trinajstić information content (AvgIpc) is 2.87. The van der Waals surface area contributed by atoms with Gasteiger partial charge in [0.2, 0.25) is 11.8 Å². The molecule has 36 heavy (non-hydrogen) atoms. The van der Waals surface area contributed by atoms with Crippen LogP contribution in [0.25, 0.3) is 0 Å². The second-order valence-electron chi connectivity index (χ2n) is 9.08. The van der Waals surface area contributed by atoms with Crippen molar-refractivity contribution in [2.45, 2.75) is 66.5 Å². The SMILES string of the molecule is CCOc1ccc(CCC(=O)N(Cc2ccc(OC)cc2)C(CC)C(=O)NCC(C)C)cc1OCC. The Morgan fingerprint density at radius 2 is 1.56 bits per heavy atom. The Labute approximate surface area is 216 Å². The summed E-state index contributed by atoms with van der Waals surface area (Å²) in [5.74, 6) is 2.27. The van der Waals surface area contributed by atoms with Gasteiger partial charge in [-0.3, -0.25) is 9.59 Å². The maximum Gasteiger partial charge on any atom is 0.242 e. The molecule has 0 aliphatic carbocycles.